The van der Waals surface area contributed by atoms with Crippen molar-refractivity contribution < 1.29 is 28.9 Å². The van der Waals surface area contributed by atoms with Crippen molar-refractivity contribution in [2.24, 2.45) is 0 Å². The summed E-state index contributed by atoms with van der Waals surface area (Å²) in [6, 6.07) is 0. The Labute approximate surface area is 154 Å². The summed E-state index contributed by atoms with van der Waals surface area (Å²) in [6.07, 6.45) is 5.26. The molecule has 0 saturated heterocycles. The second-order valence-corrected chi connectivity index (χ2v) is 7.50. The maximum Gasteiger partial charge on any atom is 0.407 e. The summed E-state index contributed by atoms with van der Waals surface area (Å²) >= 11 is 0. The van der Waals surface area contributed by atoms with Gasteiger partial charge >= 0.3 is 12.1 Å². The highest BCUT2D eigenvalue weighted by atomic mass is 16.7. The number of carbonyl (C=O) groups excluding carboxylic acids is 2. The van der Waals surface area contributed by atoms with E-state index >= 15 is 0 Å². The lowest BCUT2D eigenvalue weighted by atomic mass is 10.1. The van der Waals surface area contributed by atoms with Gasteiger partial charge in [0.2, 0.25) is 5.79 Å². The molecule has 0 saturated carbocycles. The van der Waals surface area contributed by atoms with Crippen molar-refractivity contribution in [1.29, 1.82) is 0 Å². The van der Waals surface area contributed by atoms with E-state index in [4.69, 9.17) is 14.2 Å². The number of hydrogen-bond acceptors (Lipinski definition) is 6. The number of aliphatic hydroxyl groups is 1. The molecule has 0 aromatic carbocycles. The Morgan fingerprint density at radius 2 is 2.04 bits per heavy atom. The first-order valence-electron chi connectivity index (χ1n) is 8.49. The second-order valence-electron chi connectivity index (χ2n) is 7.50. The highest BCUT2D eigenvalue weighted by Crippen LogP contribution is 2.25. The van der Waals surface area contributed by atoms with Crippen molar-refractivity contribution in [3.05, 3.63) is 35.6 Å². The lowest BCUT2D eigenvalue weighted by Gasteiger charge is -2.31. The average Bonchev–Trinajstić information content (AvgIpc) is 2.38. The largest absolute Gasteiger partial charge is 0.457 e. The van der Waals surface area contributed by atoms with Gasteiger partial charge in [0.1, 0.15) is 11.4 Å². The van der Waals surface area contributed by atoms with Crippen LogP contribution >= 0.6 is 0 Å². The number of cyclic esters (lactones) is 1. The Hall–Kier alpha value is -2.28. The van der Waals surface area contributed by atoms with E-state index in [9.17, 15) is 14.7 Å². The van der Waals surface area contributed by atoms with Crippen LogP contribution in [0.5, 0.6) is 0 Å². The first-order valence-corrected chi connectivity index (χ1v) is 8.49. The first kappa shape index (κ1) is 21.8. The van der Waals surface area contributed by atoms with Crippen LogP contribution in [0.1, 0.15) is 48.0 Å². The number of rotatable bonds is 6. The number of ether oxygens (including phenoxy) is 3. The van der Waals surface area contributed by atoms with Gasteiger partial charge in [-0.3, -0.25) is 0 Å². The number of allylic oxidation sites excluding steroid dienone is 2. The molecule has 0 spiro atoms. The fraction of sp³-hybridized carbons (Fsp3) is 0.579. The fourth-order valence-corrected chi connectivity index (χ4v) is 2.20. The van der Waals surface area contributed by atoms with Gasteiger partial charge in [-0.2, -0.15) is 0 Å². The van der Waals surface area contributed by atoms with Crippen LogP contribution in [0.2, 0.25) is 0 Å². The predicted octanol–water partition coefficient (Wildman–Crippen LogP) is 2.96. The molecule has 1 amide bonds. The Balaban J connectivity index is 2.46. The molecule has 0 radical (unpaired) electrons. The predicted molar refractivity (Wildman–Crippen MR) is 97.1 cm³/mol. The van der Waals surface area contributed by atoms with E-state index in [1.807, 2.05) is 6.92 Å². The molecule has 7 heteroatoms. The van der Waals surface area contributed by atoms with Gasteiger partial charge in [-0.15, -0.1) is 0 Å². The van der Waals surface area contributed by atoms with Gasteiger partial charge in [-0.1, -0.05) is 23.8 Å². The van der Waals surface area contributed by atoms with Crippen molar-refractivity contribution in [2.75, 3.05) is 6.54 Å². The Kier molecular flexibility index (Phi) is 7.44. The van der Waals surface area contributed by atoms with Crippen LogP contribution in [0.3, 0.4) is 0 Å². The third kappa shape index (κ3) is 9.27. The van der Waals surface area contributed by atoms with Crippen LogP contribution in [-0.2, 0) is 19.0 Å². The highest BCUT2D eigenvalue weighted by molar-refractivity contribution is 5.83. The number of esters is 1. The molecular weight excluding hydrogens is 338 g/mol. The topological polar surface area (TPSA) is 94.1 Å². The Morgan fingerprint density at radius 3 is 2.62 bits per heavy atom. The van der Waals surface area contributed by atoms with E-state index in [1.165, 1.54) is 6.08 Å². The zero-order valence-electron chi connectivity index (χ0n) is 16.3. The van der Waals surface area contributed by atoms with Gasteiger partial charge in [0.25, 0.3) is 0 Å². The second kappa shape index (κ2) is 8.89. The molecule has 0 aromatic rings. The number of amides is 1. The zero-order valence-corrected chi connectivity index (χ0v) is 16.3. The van der Waals surface area contributed by atoms with Gasteiger partial charge in [0, 0.05) is 26.8 Å². The number of hydrogen-bond donors (Lipinski definition) is 2. The maximum absolute atomic E-state index is 11.5. The molecule has 1 aliphatic rings. The van der Waals surface area contributed by atoms with E-state index in [0.717, 1.165) is 5.57 Å². The SMILES string of the molecule is CC(/C=C/CNC(=O)OC(C)(C)C)=C\[C@@H](O)CC1=CC(=O)OC(C)(C)O1. The lowest BCUT2D eigenvalue weighted by Crippen LogP contribution is -2.35. The molecule has 146 valence electrons. The zero-order chi connectivity index (χ0) is 20.0. The first-order chi connectivity index (χ1) is 11.9. The fourth-order valence-electron chi connectivity index (χ4n) is 2.20. The van der Waals surface area contributed by atoms with E-state index < -0.39 is 29.6 Å². The summed E-state index contributed by atoms with van der Waals surface area (Å²) in [5.41, 5.74) is 0.270. The van der Waals surface area contributed by atoms with Crippen LogP contribution in [0.15, 0.2) is 35.6 Å². The van der Waals surface area contributed by atoms with Crippen molar-refractivity contribution >= 4 is 12.1 Å². The summed E-state index contributed by atoms with van der Waals surface area (Å²) in [6.45, 7) is 10.8. The van der Waals surface area contributed by atoms with E-state index in [0.29, 0.717) is 12.3 Å². The van der Waals surface area contributed by atoms with Crippen LogP contribution < -0.4 is 5.32 Å². The molecule has 26 heavy (non-hydrogen) atoms. The summed E-state index contributed by atoms with van der Waals surface area (Å²) in [4.78, 5) is 23.0. The summed E-state index contributed by atoms with van der Waals surface area (Å²) in [5, 5.41) is 12.7. The smallest absolute Gasteiger partial charge is 0.407 e. The molecule has 1 atom stereocenters. The van der Waals surface area contributed by atoms with Gasteiger partial charge < -0.3 is 24.6 Å². The molecule has 1 aliphatic heterocycles. The number of alkyl carbamates (subject to hydrolysis) is 1. The van der Waals surface area contributed by atoms with Crippen LogP contribution in [0.4, 0.5) is 4.79 Å². The van der Waals surface area contributed by atoms with E-state index in [2.05, 4.69) is 5.32 Å². The molecular formula is C19H29NO6. The van der Waals surface area contributed by atoms with E-state index in [1.54, 1.807) is 52.8 Å². The summed E-state index contributed by atoms with van der Waals surface area (Å²) in [5.74, 6) is -1.15. The van der Waals surface area contributed by atoms with Crippen LogP contribution in [0.25, 0.3) is 0 Å². The maximum atomic E-state index is 11.5. The molecule has 7 nitrogen and oxygen atoms in total. The van der Waals surface area contributed by atoms with Crippen LogP contribution in [0, 0.1) is 0 Å². The van der Waals surface area contributed by atoms with Gasteiger partial charge in [-0.25, -0.2) is 9.59 Å². The quantitative estimate of drug-likeness (QED) is 0.554. The monoisotopic (exact) mass is 367 g/mol. The number of aliphatic hydroxyl groups excluding tert-OH is 1. The van der Waals surface area contributed by atoms with Gasteiger partial charge in [0.05, 0.1) is 12.2 Å². The third-order valence-electron chi connectivity index (χ3n) is 3.01. The molecule has 0 aliphatic carbocycles. The van der Waals surface area contributed by atoms with Crippen molar-refractivity contribution in [1.82, 2.24) is 5.32 Å². The average molecular weight is 367 g/mol. The third-order valence-corrected chi connectivity index (χ3v) is 3.01. The minimum absolute atomic E-state index is 0.167. The molecule has 0 aromatic heterocycles. The van der Waals surface area contributed by atoms with Crippen molar-refractivity contribution in [3.8, 4) is 0 Å². The van der Waals surface area contributed by atoms with E-state index in [-0.39, 0.29) is 6.42 Å². The minimum atomic E-state index is -1.03. The summed E-state index contributed by atoms with van der Waals surface area (Å²) < 4.78 is 15.6. The molecule has 0 fully saturated rings. The highest BCUT2D eigenvalue weighted by Gasteiger charge is 2.30. The molecule has 1 rings (SSSR count). The number of nitrogens with one attached hydrogen (secondary N) is 1. The summed E-state index contributed by atoms with van der Waals surface area (Å²) in [7, 11) is 0. The normalized spacial score (nSPS) is 18.7. The Morgan fingerprint density at radius 1 is 1.38 bits per heavy atom. The minimum Gasteiger partial charge on any atom is -0.457 e. The molecule has 1 heterocycles. The molecule has 0 unspecified atom stereocenters. The van der Waals surface area contributed by atoms with Gasteiger partial charge in [0.15, 0.2) is 0 Å². The van der Waals surface area contributed by atoms with Crippen molar-refractivity contribution in [2.45, 2.75) is 65.5 Å². The van der Waals surface area contributed by atoms with Crippen molar-refractivity contribution in [3.63, 3.8) is 0 Å². The van der Waals surface area contributed by atoms with Gasteiger partial charge in [-0.05, 0) is 27.7 Å². The molecule has 2 N–H and O–H groups in total. The van der Waals surface area contributed by atoms with Crippen LogP contribution in [-0.4, -0.2) is 41.2 Å². The standard InChI is InChI=1S/C19H29NO6/c1-13(8-7-9-20-17(23)26-18(2,3)4)10-14(21)11-15-12-16(22)25-19(5,6)24-15/h7-8,10,12,14,21H,9,11H2,1-6H3,(H,20,23)/b8-7+,13-10+/t14-/m1/s1. The Bertz CT molecular complexity index is 610. The molecule has 0 bridgehead atoms. The lowest BCUT2D eigenvalue weighted by molar-refractivity contribution is -0.206. The number of carbonyl (C=O) groups is 2.